The predicted octanol–water partition coefficient (Wildman–Crippen LogP) is 1.49. The second-order valence-corrected chi connectivity index (χ2v) is 2.46. The highest BCUT2D eigenvalue weighted by Gasteiger charge is 1.92. The molecule has 0 N–H and O–H groups in total. The molecule has 0 atom stereocenters. The van der Waals surface area contributed by atoms with Crippen molar-refractivity contribution in [3.05, 3.63) is 23.8 Å². The quantitative estimate of drug-likeness (QED) is 0.547. The molecule has 0 fully saturated rings. The lowest BCUT2D eigenvalue weighted by Gasteiger charge is -1.79. The van der Waals surface area contributed by atoms with Gasteiger partial charge in [-0.3, -0.25) is 0 Å². The van der Waals surface area contributed by atoms with Crippen LogP contribution in [-0.4, -0.2) is 9.97 Å². The molecule has 2 nitrogen and oxygen atoms in total. The third-order valence-corrected chi connectivity index (χ3v) is 1.78. The van der Waals surface area contributed by atoms with Crippen LogP contribution in [0.4, 0.5) is 0 Å². The van der Waals surface area contributed by atoms with Crippen molar-refractivity contribution in [1.29, 1.82) is 0 Å². The van der Waals surface area contributed by atoms with Crippen LogP contribution in [0.25, 0.3) is 10.3 Å². The fourth-order valence-electron chi connectivity index (χ4n) is 0.661. The van der Waals surface area contributed by atoms with Crippen LogP contribution in [0.2, 0.25) is 0 Å². The van der Waals surface area contributed by atoms with Crippen molar-refractivity contribution >= 4 is 21.7 Å². The summed E-state index contributed by atoms with van der Waals surface area (Å²) in [5.41, 5.74) is 3.56. The third-order valence-electron chi connectivity index (χ3n) is 1.06. The zero-order valence-corrected chi connectivity index (χ0v) is 5.35. The molecule has 0 saturated heterocycles. The van der Waals surface area contributed by atoms with Crippen LogP contribution < -0.4 is 0 Å². The van der Waals surface area contributed by atoms with E-state index in [0.717, 1.165) is 10.3 Å². The maximum absolute atomic E-state index is 4.01. The number of hydrogen-bond donors (Lipinski definition) is 0. The fraction of sp³-hybridized carbons (Fsp3) is 0. The van der Waals surface area contributed by atoms with Gasteiger partial charge in [-0.1, -0.05) is 0 Å². The summed E-state index contributed by atoms with van der Waals surface area (Å²) in [6.07, 6.45) is 1.73. The van der Waals surface area contributed by atoms with Gasteiger partial charge in [-0.15, -0.1) is 11.3 Å². The van der Waals surface area contributed by atoms with E-state index in [1.165, 1.54) is 11.3 Å². The first-order valence-corrected chi connectivity index (χ1v) is 3.36. The Bertz CT molecular complexity index is 285. The first kappa shape index (κ1) is 4.88. The van der Waals surface area contributed by atoms with E-state index in [1.807, 2.05) is 12.1 Å². The lowest BCUT2D eigenvalue weighted by atomic mass is 10.5. The number of hydrogen-bond acceptors (Lipinski definition) is 3. The molecule has 3 heteroatoms. The number of aromatic nitrogens is 2. The molecule has 2 aromatic heterocycles. The van der Waals surface area contributed by atoms with Crippen molar-refractivity contribution in [2.24, 2.45) is 0 Å². The number of rotatable bonds is 0. The summed E-state index contributed by atoms with van der Waals surface area (Å²) in [4.78, 5) is 7.91. The molecule has 0 aliphatic heterocycles. The molecule has 2 aromatic rings. The SMILES string of the molecule is [c]1nc2ncccc2s1. The van der Waals surface area contributed by atoms with Crippen LogP contribution in [0.1, 0.15) is 0 Å². The largest absolute Gasteiger partial charge is 0.236 e. The molecule has 0 aromatic carbocycles. The Morgan fingerprint density at radius 2 is 2.56 bits per heavy atom. The summed E-state index contributed by atoms with van der Waals surface area (Å²) in [5.74, 6) is 0. The van der Waals surface area contributed by atoms with E-state index in [9.17, 15) is 0 Å². The summed E-state index contributed by atoms with van der Waals surface area (Å²) in [5, 5.41) is 0. The van der Waals surface area contributed by atoms with Crippen LogP contribution in [0.15, 0.2) is 18.3 Å². The van der Waals surface area contributed by atoms with Gasteiger partial charge in [0.05, 0.1) is 4.70 Å². The van der Waals surface area contributed by atoms with Gasteiger partial charge in [-0.25, -0.2) is 9.97 Å². The molecule has 0 spiro atoms. The second kappa shape index (κ2) is 1.77. The smallest absolute Gasteiger partial charge is 0.171 e. The average Bonchev–Trinajstić information content (AvgIpc) is 2.33. The molecule has 0 amide bonds. The second-order valence-electron chi connectivity index (χ2n) is 1.63. The van der Waals surface area contributed by atoms with E-state index < -0.39 is 0 Å². The Balaban J connectivity index is 2.95. The van der Waals surface area contributed by atoms with Crippen molar-refractivity contribution < 1.29 is 0 Å². The van der Waals surface area contributed by atoms with Crippen molar-refractivity contribution in [3.63, 3.8) is 0 Å². The van der Waals surface area contributed by atoms with Gasteiger partial charge in [-0.2, -0.15) is 0 Å². The standard InChI is InChI=1S/C6H3N2S/c1-2-5-6(7-3-1)8-4-9-5/h1-3H. The topological polar surface area (TPSA) is 25.8 Å². The van der Waals surface area contributed by atoms with Gasteiger partial charge in [0, 0.05) is 6.20 Å². The van der Waals surface area contributed by atoms with Gasteiger partial charge in [0.2, 0.25) is 0 Å². The van der Waals surface area contributed by atoms with Gasteiger partial charge in [0.15, 0.2) is 11.2 Å². The van der Waals surface area contributed by atoms with Crippen molar-refractivity contribution in [2.45, 2.75) is 0 Å². The number of fused-ring (bicyclic) bond motifs is 1. The van der Waals surface area contributed by atoms with Crippen LogP contribution in [0.5, 0.6) is 0 Å². The maximum atomic E-state index is 4.01. The van der Waals surface area contributed by atoms with E-state index in [1.54, 1.807) is 6.20 Å². The molecule has 0 bridgehead atoms. The molecule has 2 rings (SSSR count). The number of nitrogens with zero attached hydrogens (tertiary/aromatic N) is 2. The molecule has 9 heavy (non-hydrogen) atoms. The predicted molar refractivity (Wildman–Crippen MR) is 36.3 cm³/mol. The molecular weight excluding hydrogens is 132 g/mol. The highest BCUT2D eigenvalue weighted by molar-refractivity contribution is 7.16. The first-order valence-electron chi connectivity index (χ1n) is 2.54. The summed E-state index contributed by atoms with van der Waals surface area (Å²) in [6.45, 7) is 0. The van der Waals surface area contributed by atoms with Crippen LogP contribution in [0, 0.1) is 5.51 Å². The van der Waals surface area contributed by atoms with Gasteiger partial charge in [0.25, 0.3) is 0 Å². The minimum atomic E-state index is 0.794. The summed E-state index contributed by atoms with van der Waals surface area (Å²) in [7, 11) is 0. The van der Waals surface area contributed by atoms with Crippen molar-refractivity contribution in [1.82, 2.24) is 9.97 Å². The molecule has 2 heterocycles. The molecule has 43 valence electrons. The number of thiazole rings is 1. The summed E-state index contributed by atoms with van der Waals surface area (Å²) in [6, 6.07) is 3.88. The van der Waals surface area contributed by atoms with Crippen molar-refractivity contribution in [2.75, 3.05) is 0 Å². The Morgan fingerprint density at radius 1 is 1.56 bits per heavy atom. The fourth-order valence-corrected chi connectivity index (χ4v) is 1.23. The first-order chi connectivity index (χ1) is 4.47. The van der Waals surface area contributed by atoms with Gasteiger partial charge in [-0.05, 0) is 12.1 Å². The van der Waals surface area contributed by atoms with Gasteiger partial charge >= 0.3 is 0 Å². The number of pyridine rings is 1. The van der Waals surface area contributed by atoms with E-state index >= 15 is 0 Å². The lowest BCUT2D eigenvalue weighted by Crippen LogP contribution is -1.70. The third kappa shape index (κ3) is 0.695. The monoisotopic (exact) mass is 135 g/mol. The van der Waals surface area contributed by atoms with E-state index in [0.29, 0.717) is 0 Å². The molecule has 0 aliphatic rings. The van der Waals surface area contributed by atoms with Crippen LogP contribution >= 0.6 is 11.3 Å². The van der Waals surface area contributed by atoms with E-state index in [4.69, 9.17) is 0 Å². The van der Waals surface area contributed by atoms with Crippen LogP contribution in [0.3, 0.4) is 0 Å². The Hall–Kier alpha value is -0.960. The zero-order valence-electron chi connectivity index (χ0n) is 4.53. The highest BCUT2D eigenvalue weighted by Crippen LogP contribution is 2.12. The van der Waals surface area contributed by atoms with Crippen LogP contribution in [-0.2, 0) is 0 Å². The molecular formula is C6H3N2S. The summed E-state index contributed by atoms with van der Waals surface area (Å²) >= 11 is 1.49. The lowest BCUT2D eigenvalue weighted by molar-refractivity contribution is 1.32. The van der Waals surface area contributed by atoms with Gasteiger partial charge < -0.3 is 0 Å². The Labute approximate surface area is 56.2 Å². The average molecular weight is 135 g/mol. The Morgan fingerprint density at radius 3 is 3.44 bits per heavy atom. The van der Waals surface area contributed by atoms with E-state index in [2.05, 4.69) is 15.5 Å². The zero-order chi connectivity index (χ0) is 6.10. The molecule has 0 unspecified atom stereocenters. The normalized spacial score (nSPS) is 10.2. The molecule has 0 aliphatic carbocycles. The molecule has 1 radical (unpaired) electrons. The molecule has 0 saturated carbocycles. The highest BCUT2D eigenvalue weighted by atomic mass is 32.1. The minimum absolute atomic E-state index is 0.794. The van der Waals surface area contributed by atoms with E-state index in [-0.39, 0.29) is 0 Å². The van der Waals surface area contributed by atoms with Gasteiger partial charge in [0.1, 0.15) is 0 Å². The Kier molecular flexibility index (Phi) is 0.960. The minimum Gasteiger partial charge on any atom is -0.236 e. The summed E-state index contributed by atoms with van der Waals surface area (Å²) < 4.78 is 1.09. The maximum Gasteiger partial charge on any atom is 0.171 e. The van der Waals surface area contributed by atoms with Crippen molar-refractivity contribution in [3.8, 4) is 0 Å².